The lowest BCUT2D eigenvalue weighted by Gasteiger charge is -2.37. The summed E-state index contributed by atoms with van der Waals surface area (Å²) in [5.41, 5.74) is 1.06. The van der Waals surface area contributed by atoms with Gasteiger partial charge in [-0.25, -0.2) is 4.39 Å². The summed E-state index contributed by atoms with van der Waals surface area (Å²) in [6.45, 7) is 0. The average Bonchev–Trinajstić information content (AvgIpc) is 3.25. The van der Waals surface area contributed by atoms with E-state index in [2.05, 4.69) is 4.98 Å². The third kappa shape index (κ3) is 3.81. The van der Waals surface area contributed by atoms with Crippen LogP contribution in [-0.2, 0) is 29.3 Å². The van der Waals surface area contributed by atoms with E-state index >= 15 is 0 Å². The molecule has 0 amide bonds. The van der Waals surface area contributed by atoms with Crippen LogP contribution in [0.5, 0.6) is 0 Å². The van der Waals surface area contributed by atoms with Gasteiger partial charge < -0.3 is 14.5 Å². The molecular formula is C22H24FNO5. The van der Waals surface area contributed by atoms with Crippen LogP contribution >= 0.6 is 0 Å². The summed E-state index contributed by atoms with van der Waals surface area (Å²) in [5, 5.41) is 0. The molecule has 1 aliphatic carbocycles. The SMILES string of the molecule is COC(=O)C(C(=O)OC)C(=O)C1(c2[nH]ccc2-c2ccc(F)cc2)CCCCC1. The zero-order valence-corrected chi connectivity index (χ0v) is 16.5. The van der Waals surface area contributed by atoms with E-state index < -0.39 is 29.1 Å². The average molecular weight is 401 g/mol. The van der Waals surface area contributed by atoms with Gasteiger partial charge in [0.1, 0.15) is 5.82 Å². The highest BCUT2D eigenvalue weighted by Gasteiger charge is 2.51. The van der Waals surface area contributed by atoms with Crippen molar-refractivity contribution in [3.8, 4) is 11.1 Å². The van der Waals surface area contributed by atoms with Crippen molar-refractivity contribution in [3.63, 3.8) is 0 Å². The summed E-state index contributed by atoms with van der Waals surface area (Å²) in [6, 6.07) is 7.81. The van der Waals surface area contributed by atoms with E-state index in [1.54, 1.807) is 18.3 Å². The highest BCUT2D eigenvalue weighted by molar-refractivity contribution is 6.18. The van der Waals surface area contributed by atoms with Crippen molar-refractivity contribution in [2.75, 3.05) is 14.2 Å². The molecule has 1 aromatic heterocycles. The molecule has 0 bridgehead atoms. The number of H-pyrrole nitrogens is 1. The standard InChI is InChI=1S/C22H24FNO5/c1-28-20(26)17(21(27)29-2)19(25)22(11-4-3-5-12-22)18-16(10-13-24-18)14-6-8-15(23)9-7-14/h6-10,13,17,24H,3-5,11-12H2,1-2H3. The van der Waals surface area contributed by atoms with E-state index in [0.717, 1.165) is 44.6 Å². The molecule has 1 aliphatic rings. The van der Waals surface area contributed by atoms with E-state index in [1.165, 1.54) is 12.1 Å². The van der Waals surface area contributed by atoms with Crippen LogP contribution in [0.1, 0.15) is 37.8 Å². The fourth-order valence-corrected chi connectivity index (χ4v) is 4.23. The number of esters is 2. The summed E-state index contributed by atoms with van der Waals surface area (Å²) >= 11 is 0. The molecule has 0 atom stereocenters. The van der Waals surface area contributed by atoms with E-state index in [9.17, 15) is 18.8 Å². The first-order valence-corrected chi connectivity index (χ1v) is 9.58. The highest BCUT2D eigenvalue weighted by Crippen LogP contribution is 2.45. The fourth-order valence-electron chi connectivity index (χ4n) is 4.23. The molecule has 0 aliphatic heterocycles. The second-order valence-electron chi connectivity index (χ2n) is 7.26. The second kappa shape index (κ2) is 8.59. The minimum Gasteiger partial charge on any atom is -0.468 e. The van der Waals surface area contributed by atoms with Gasteiger partial charge in [-0.1, -0.05) is 31.4 Å². The first-order valence-electron chi connectivity index (χ1n) is 9.58. The molecular weight excluding hydrogens is 377 g/mol. The zero-order chi connectivity index (χ0) is 21.0. The lowest BCUT2D eigenvalue weighted by molar-refractivity contribution is -0.163. The summed E-state index contributed by atoms with van der Waals surface area (Å²) < 4.78 is 22.8. The number of methoxy groups -OCH3 is 2. The maximum absolute atomic E-state index is 13.7. The number of halogens is 1. The number of aromatic amines is 1. The zero-order valence-electron chi connectivity index (χ0n) is 16.5. The van der Waals surface area contributed by atoms with Gasteiger partial charge in [-0.05, 0) is 36.6 Å². The van der Waals surface area contributed by atoms with Crippen molar-refractivity contribution < 1.29 is 28.2 Å². The summed E-state index contributed by atoms with van der Waals surface area (Å²) in [6.07, 6.45) is 5.22. The van der Waals surface area contributed by atoms with E-state index in [1.807, 2.05) is 6.07 Å². The van der Waals surface area contributed by atoms with Crippen molar-refractivity contribution in [1.29, 1.82) is 0 Å². The molecule has 3 rings (SSSR count). The van der Waals surface area contributed by atoms with Crippen LogP contribution in [-0.4, -0.2) is 36.9 Å². The van der Waals surface area contributed by atoms with Gasteiger partial charge in [0.2, 0.25) is 5.92 Å². The van der Waals surface area contributed by atoms with Crippen LogP contribution in [0, 0.1) is 11.7 Å². The Hall–Kier alpha value is -2.96. The molecule has 0 radical (unpaired) electrons. The Bertz CT molecular complexity index is 880. The number of Topliss-reactive ketones (excluding diaryl/α,β-unsaturated/α-hetero) is 1. The fraction of sp³-hybridized carbons (Fsp3) is 0.409. The number of nitrogens with one attached hydrogen (secondary N) is 1. The van der Waals surface area contributed by atoms with Crippen molar-refractivity contribution >= 4 is 17.7 Å². The Balaban J connectivity index is 2.12. The van der Waals surface area contributed by atoms with Crippen molar-refractivity contribution in [3.05, 3.63) is 48.0 Å². The number of rotatable bonds is 6. The number of carbonyl (C=O) groups is 3. The number of hydrogen-bond donors (Lipinski definition) is 1. The molecule has 0 spiro atoms. The van der Waals surface area contributed by atoms with Gasteiger partial charge in [-0.2, -0.15) is 0 Å². The molecule has 2 aromatic rings. The molecule has 1 N–H and O–H groups in total. The molecule has 1 saturated carbocycles. The van der Waals surface area contributed by atoms with E-state index in [0.29, 0.717) is 18.5 Å². The number of ether oxygens (including phenoxy) is 2. The van der Waals surface area contributed by atoms with Crippen molar-refractivity contribution in [2.24, 2.45) is 5.92 Å². The minimum absolute atomic E-state index is 0.356. The number of ketones is 1. The third-order valence-electron chi connectivity index (χ3n) is 5.70. The van der Waals surface area contributed by atoms with Crippen molar-refractivity contribution in [2.45, 2.75) is 37.5 Å². The van der Waals surface area contributed by atoms with Gasteiger partial charge in [0, 0.05) is 17.5 Å². The second-order valence-corrected chi connectivity index (χ2v) is 7.26. The molecule has 7 heteroatoms. The van der Waals surface area contributed by atoms with Gasteiger partial charge in [0.25, 0.3) is 0 Å². The Morgan fingerprint density at radius 2 is 1.55 bits per heavy atom. The van der Waals surface area contributed by atoms with E-state index in [4.69, 9.17) is 9.47 Å². The molecule has 0 saturated heterocycles. The van der Waals surface area contributed by atoms with Crippen molar-refractivity contribution in [1.82, 2.24) is 4.98 Å². The van der Waals surface area contributed by atoms with E-state index in [-0.39, 0.29) is 5.82 Å². The maximum Gasteiger partial charge on any atom is 0.327 e. The molecule has 1 aromatic carbocycles. The van der Waals surface area contributed by atoms with Crippen LogP contribution in [0.3, 0.4) is 0 Å². The summed E-state index contributed by atoms with van der Waals surface area (Å²) in [4.78, 5) is 41.4. The molecule has 154 valence electrons. The first-order chi connectivity index (χ1) is 13.9. The maximum atomic E-state index is 13.7. The first kappa shape index (κ1) is 20.8. The number of benzene rings is 1. The Labute approximate surface area is 168 Å². The van der Waals surface area contributed by atoms with Crippen LogP contribution in [0.2, 0.25) is 0 Å². The molecule has 6 nitrogen and oxygen atoms in total. The topological polar surface area (TPSA) is 85.5 Å². The molecule has 29 heavy (non-hydrogen) atoms. The number of hydrogen-bond acceptors (Lipinski definition) is 5. The Morgan fingerprint density at radius 3 is 2.10 bits per heavy atom. The van der Waals surface area contributed by atoms with Gasteiger partial charge in [0.15, 0.2) is 5.78 Å². The molecule has 1 fully saturated rings. The minimum atomic E-state index is -1.65. The highest BCUT2D eigenvalue weighted by atomic mass is 19.1. The van der Waals surface area contributed by atoms with Gasteiger partial charge in [-0.15, -0.1) is 0 Å². The summed E-state index contributed by atoms with van der Waals surface area (Å²) in [5.74, 6) is -4.39. The Morgan fingerprint density at radius 1 is 0.966 bits per heavy atom. The lowest BCUT2D eigenvalue weighted by atomic mass is 9.65. The Kier molecular flexibility index (Phi) is 6.15. The molecule has 0 unspecified atom stereocenters. The lowest BCUT2D eigenvalue weighted by Crippen LogP contribution is -2.48. The smallest absolute Gasteiger partial charge is 0.327 e. The van der Waals surface area contributed by atoms with Crippen LogP contribution in [0.25, 0.3) is 11.1 Å². The normalized spacial score (nSPS) is 15.7. The quantitative estimate of drug-likeness (QED) is 0.591. The monoisotopic (exact) mass is 401 g/mol. The predicted octanol–water partition coefficient (Wildman–Crippen LogP) is 3.55. The predicted molar refractivity (Wildman–Crippen MR) is 103 cm³/mol. The molecule has 1 heterocycles. The van der Waals surface area contributed by atoms with Crippen LogP contribution in [0.15, 0.2) is 36.5 Å². The van der Waals surface area contributed by atoms with Gasteiger partial charge in [-0.3, -0.25) is 14.4 Å². The van der Waals surface area contributed by atoms with Gasteiger partial charge in [0.05, 0.1) is 19.6 Å². The summed E-state index contributed by atoms with van der Waals surface area (Å²) in [7, 11) is 2.27. The number of carbonyl (C=O) groups excluding carboxylic acids is 3. The van der Waals surface area contributed by atoms with Crippen LogP contribution in [0.4, 0.5) is 4.39 Å². The van der Waals surface area contributed by atoms with Crippen LogP contribution < -0.4 is 0 Å². The number of aromatic nitrogens is 1. The largest absolute Gasteiger partial charge is 0.468 e. The van der Waals surface area contributed by atoms with Gasteiger partial charge >= 0.3 is 11.9 Å². The third-order valence-corrected chi connectivity index (χ3v) is 5.70.